The third kappa shape index (κ3) is 5.03. The van der Waals surface area contributed by atoms with Gasteiger partial charge in [-0.25, -0.2) is 8.78 Å². The molecule has 0 aliphatic carbocycles. The molecule has 8 nitrogen and oxygen atoms in total. The summed E-state index contributed by atoms with van der Waals surface area (Å²) in [6.45, 7) is 1.68. The standard InChI is InChI=1S/C18H29ClF2N2O6S/c1-7(19)9(15-12(25)11(24)13(26)17(29-15)30-2)23-16(27)10-14-8(6-22-10)5-18(20,21)3-4-28-14/h7-15,17,22,24-26H,3-6H2,1-2H3,(H,23,27)/t7-,8-,9+,10-,11?,12?,13+,14+,15+,17?/m0/s1. The van der Waals surface area contributed by atoms with Crippen LogP contribution in [0.4, 0.5) is 8.78 Å². The maximum Gasteiger partial charge on any atom is 0.250 e. The van der Waals surface area contributed by atoms with Crippen LogP contribution in [0.2, 0.25) is 0 Å². The summed E-state index contributed by atoms with van der Waals surface area (Å²) in [5.74, 6) is -3.84. The fourth-order valence-electron chi connectivity index (χ4n) is 4.35. The lowest BCUT2D eigenvalue weighted by Gasteiger charge is -2.44. The average molecular weight is 475 g/mol. The first-order valence-electron chi connectivity index (χ1n) is 9.95. The van der Waals surface area contributed by atoms with Crippen LogP contribution in [0.15, 0.2) is 0 Å². The van der Waals surface area contributed by atoms with E-state index >= 15 is 0 Å². The lowest BCUT2D eigenvalue weighted by Crippen LogP contribution is -2.65. The highest BCUT2D eigenvalue weighted by molar-refractivity contribution is 7.99. The van der Waals surface area contributed by atoms with Crippen LogP contribution in [0.25, 0.3) is 0 Å². The Labute approximate surface area is 183 Å². The third-order valence-corrected chi connectivity index (χ3v) is 7.14. The zero-order chi connectivity index (χ0) is 22.2. The smallest absolute Gasteiger partial charge is 0.250 e. The van der Waals surface area contributed by atoms with Crippen LogP contribution in [0.5, 0.6) is 0 Å². The summed E-state index contributed by atoms with van der Waals surface area (Å²) in [7, 11) is 0. The molecule has 12 heteroatoms. The van der Waals surface area contributed by atoms with E-state index in [1.165, 1.54) is 0 Å². The molecule has 3 rings (SSSR count). The summed E-state index contributed by atoms with van der Waals surface area (Å²) < 4.78 is 39.0. The SMILES string of the molecule is CSC1O[C@H]([C@H](NC(=O)[C@H]2NC[C@@H]3CC(F)(F)CCO[C@H]32)[C@H](C)Cl)C(O)C(O)[C@H]1O. The Kier molecular flexibility index (Phi) is 7.88. The van der Waals surface area contributed by atoms with Gasteiger partial charge in [-0.2, -0.15) is 0 Å². The van der Waals surface area contributed by atoms with Gasteiger partial charge in [-0.1, -0.05) is 0 Å². The Bertz CT molecular complexity index is 619. The molecule has 3 aliphatic heterocycles. The third-order valence-electron chi connectivity index (χ3n) is 6.01. The van der Waals surface area contributed by atoms with Crippen molar-refractivity contribution in [1.82, 2.24) is 10.6 Å². The second-order valence-corrected chi connectivity index (χ2v) is 9.80. The molecule has 3 heterocycles. The zero-order valence-electron chi connectivity index (χ0n) is 16.7. The first-order chi connectivity index (χ1) is 14.1. The van der Waals surface area contributed by atoms with Crippen LogP contribution < -0.4 is 10.6 Å². The predicted octanol–water partition coefficient (Wildman–Crippen LogP) is -0.329. The molecule has 0 aromatic carbocycles. The topological polar surface area (TPSA) is 120 Å². The minimum atomic E-state index is -2.83. The summed E-state index contributed by atoms with van der Waals surface area (Å²) in [4.78, 5) is 13.0. The van der Waals surface area contributed by atoms with E-state index in [4.69, 9.17) is 21.1 Å². The molecule has 3 unspecified atom stereocenters. The van der Waals surface area contributed by atoms with E-state index in [9.17, 15) is 28.9 Å². The molecular weight excluding hydrogens is 446 g/mol. The highest BCUT2D eigenvalue weighted by Crippen LogP contribution is 2.36. The van der Waals surface area contributed by atoms with Crippen molar-refractivity contribution in [2.75, 3.05) is 19.4 Å². The maximum atomic E-state index is 13.9. The Morgan fingerprint density at radius 2 is 2.00 bits per heavy atom. The highest BCUT2D eigenvalue weighted by atomic mass is 35.5. The van der Waals surface area contributed by atoms with Gasteiger partial charge in [-0.15, -0.1) is 23.4 Å². The maximum absolute atomic E-state index is 13.9. The average Bonchev–Trinajstić information content (AvgIpc) is 2.99. The zero-order valence-corrected chi connectivity index (χ0v) is 18.3. The Hall–Kier alpha value is -0.270. The number of aliphatic hydroxyl groups excluding tert-OH is 3. The van der Waals surface area contributed by atoms with E-state index in [1.807, 2.05) is 0 Å². The number of amides is 1. The molecule has 0 radical (unpaired) electrons. The largest absolute Gasteiger partial charge is 0.388 e. The summed E-state index contributed by atoms with van der Waals surface area (Å²) in [6.07, 6.45) is -5.09. The summed E-state index contributed by atoms with van der Waals surface area (Å²) in [6, 6.07) is -1.76. The number of carbonyl (C=O) groups is 1. The molecule has 3 aliphatic rings. The number of carbonyl (C=O) groups excluding carboxylic acids is 1. The lowest BCUT2D eigenvalue weighted by molar-refractivity contribution is -0.205. The molecule has 174 valence electrons. The molecule has 0 aromatic heterocycles. The van der Waals surface area contributed by atoms with Gasteiger partial charge in [0.15, 0.2) is 0 Å². The molecule has 1 amide bonds. The molecule has 3 fully saturated rings. The predicted molar refractivity (Wildman–Crippen MR) is 107 cm³/mol. The lowest BCUT2D eigenvalue weighted by atomic mass is 9.92. The first-order valence-corrected chi connectivity index (χ1v) is 11.7. The van der Waals surface area contributed by atoms with Crippen molar-refractivity contribution in [2.45, 2.75) is 79.1 Å². The van der Waals surface area contributed by atoms with E-state index in [-0.39, 0.29) is 26.0 Å². The normalized spacial score (nSPS) is 43.3. The van der Waals surface area contributed by atoms with Crippen LogP contribution in [0, 0.1) is 5.92 Å². The number of hydrogen-bond donors (Lipinski definition) is 5. The Balaban J connectivity index is 1.71. The van der Waals surface area contributed by atoms with Crippen molar-refractivity contribution in [3.63, 3.8) is 0 Å². The van der Waals surface area contributed by atoms with Gasteiger partial charge >= 0.3 is 0 Å². The van der Waals surface area contributed by atoms with Gasteiger partial charge in [0.05, 0.1) is 24.1 Å². The van der Waals surface area contributed by atoms with Gasteiger partial charge in [0.2, 0.25) is 5.91 Å². The van der Waals surface area contributed by atoms with Gasteiger partial charge in [0.25, 0.3) is 5.92 Å². The van der Waals surface area contributed by atoms with Crippen LogP contribution >= 0.6 is 23.4 Å². The molecule has 5 N–H and O–H groups in total. The number of halogens is 3. The van der Waals surface area contributed by atoms with Crippen molar-refractivity contribution in [2.24, 2.45) is 5.92 Å². The minimum absolute atomic E-state index is 0.140. The van der Waals surface area contributed by atoms with Crippen molar-refractivity contribution < 1.29 is 38.4 Å². The van der Waals surface area contributed by atoms with Crippen molar-refractivity contribution in [3.05, 3.63) is 0 Å². The molecule has 0 saturated carbocycles. The van der Waals surface area contributed by atoms with Gasteiger partial charge in [-0.3, -0.25) is 4.79 Å². The number of ether oxygens (including phenoxy) is 2. The van der Waals surface area contributed by atoms with Crippen LogP contribution in [0.1, 0.15) is 19.8 Å². The molecule has 3 saturated heterocycles. The van der Waals surface area contributed by atoms with Gasteiger partial charge < -0.3 is 35.4 Å². The molecule has 0 bridgehead atoms. The molecular formula is C18H29ClF2N2O6S. The fourth-order valence-corrected chi connectivity index (χ4v) is 5.24. The number of fused-ring (bicyclic) bond motifs is 1. The fraction of sp³-hybridized carbons (Fsp3) is 0.944. The van der Waals surface area contributed by atoms with E-state index in [1.54, 1.807) is 13.2 Å². The molecule has 0 spiro atoms. The number of alkyl halides is 3. The quantitative estimate of drug-likeness (QED) is 0.344. The molecule has 10 atom stereocenters. The van der Waals surface area contributed by atoms with Gasteiger partial charge in [0, 0.05) is 25.3 Å². The number of aliphatic hydroxyl groups is 3. The number of nitrogens with one attached hydrogen (secondary N) is 2. The molecule has 30 heavy (non-hydrogen) atoms. The van der Waals surface area contributed by atoms with Crippen molar-refractivity contribution in [1.29, 1.82) is 0 Å². The van der Waals surface area contributed by atoms with E-state index in [2.05, 4.69) is 10.6 Å². The van der Waals surface area contributed by atoms with E-state index in [0.29, 0.717) is 0 Å². The Morgan fingerprint density at radius 1 is 1.30 bits per heavy atom. The second-order valence-electron chi connectivity index (χ2n) is 8.18. The molecule has 0 aromatic rings. The number of rotatable bonds is 5. The summed E-state index contributed by atoms with van der Waals surface area (Å²) in [5, 5.41) is 35.6. The van der Waals surface area contributed by atoms with Crippen molar-refractivity contribution in [3.8, 4) is 0 Å². The first kappa shape index (κ1) is 24.4. The van der Waals surface area contributed by atoms with E-state index < -0.39 is 71.2 Å². The Morgan fingerprint density at radius 3 is 2.63 bits per heavy atom. The van der Waals surface area contributed by atoms with Crippen LogP contribution in [0.3, 0.4) is 0 Å². The highest BCUT2D eigenvalue weighted by Gasteiger charge is 2.51. The van der Waals surface area contributed by atoms with Gasteiger partial charge in [-0.05, 0) is 13.2 Å². The monoisotopic (exact) mass is 474 g/mol. The second kappa shape index (κ2) is 9.70. The van der Waals surface area contributed by atoms with Crippen LogP contribution in [-0.2, 0) is 14.3 Å². The minimum Gasteiger partial charge on any atom is -0.388 e. The van der Waals surface area contributed by atoms with Gasteiger partial charge in [0.1, 0.15) is 35.9 Å². The van der Waals surface area contributed by atoms with Crippen molar-refractivity contribution >= 4 is 29.3 Å². The number of hydrogen-bond acceptors (Lipinski definition) is 8. The number of thioether (sulfide) groups is 1. The van der Waals surface area contributed by atoms with E-state index in [0.717, 1.165) is 11.8 Å². The summed E-state index contributed by atoms with van der Waals surface area (Å²) in [5.41, 5.74) is -0.815. The summed E-state index contributed by atoms with van der Waals surface area (Å²) >= 11 is 7.41. The van der Waals surface area contributed by atoms with Crippen LogP contribution in [-0.4, -0.2) is 100.0 Å².